The van der Waals surface area contributed by atoms with Crippen LogP contribution in [0.1, 0.15) is 25.6 Å². The number of rotatable bonds is 2. The van der Waals surface area contributed by atoms with E-state index < -0.39 is 5.82 Å². The molecular formula is C9H11FN4O. The summed E-state index contributed by atoms with van der Waals surface area (Å²) in [5.41, 5.74) is 0.144. The molecule has 0 unspecified atom stereocenters. The molecule has 0 aliphatic heterocycles. The molecule has 2 aromatic rings. The van der Waals surface area contributed by atoms with Crippen molar-refractivity contribution in [1.82, 2.24) is 19.6 Å². The first-order valence-electron chi connectivity index (χ1n) is 4.58. The summed E-state index contributed by atoms with van der Waals surface area (Å²) < 4.78 is 19.6. The van der Waals surface area contributed by atoms with Gasteiger partial charge in [-0.2, -0.15) is 4.52 Å². The molecule has 5 nitrogen and oxygen atoms in total. The van der Waals surface area contributed by atoms with Crippen molar-refractivity contribution in [2.24, 2.45) is 0 Å². The van der Waals surface area contributed by atoms with Crippen molar-refractivity contribution in [3.63, 3.8) is 0 Å². The van der Waals surface area contributed by atoms with Crippen molar-refractivity contribution < 1.29 is 9.13 Å². The third-order valence-corrected chi connectivity index (χ3v) is 2.01. The first-order chi connectivity index (χ1) is 7.13. The van der Waals surface area contributed by atoms with Gasteiger partial charge in [-0.15, -0.1) is 5.10 Å². The molecule has 80 valence electrons. The van der Waals surface area contributed by atoms with Gasteiger partial charge in [0.25, 0.3) is 0 Å². The summed E-state index contributed by atoms with van der Waals surface area (Å²) in [6.07, 6.45) is 1.08. The van der Waals surface area contributed by atoms with Crippen molar-refractivity contribution in [1.29, 1.82) is 0 Å². The Hall–Kier alpha value is -1.72. The minimum absolute atomic E-state index is 0.133. The summed E-state index contributed by atoms with van der Waals surface area (Å²) in [5.74, 6) is 0.199. The molecule has 0 N–H and O–H groups in total. The van der Waals surface area contributed by atoms with Gasteiger partial charge in [0.05, 0.1) is 13.3 Å². The highest BCUT2D eigenvalue weighted by Gasteiger charge is 2.14. The average Bonchev–Trinajstić information content (AvgIpc) is 2.64. The Labute approximate surface area is 85.9 Å². The van der Waals surface area contributed by atoms with E-state index in [0.29, 0.717) is 5.82 Å². The summed E-state index contributed by atoms with van der Waals surface area (Å²) >= 11 is 0. The minimum atomic E-state index is -0.504. The lowest BCUT2D eigenvalue weighted by Crippen LogP contribution is -2.00. The summed E-state index contributed by atoms with van der Waals surface area (Å²) in [7, 11) is 1.45. The molecule has 0 atom stereocenters. The van der Waals surface area contributed by atoms with E-state index in [-0.39, 0.29) is 17.6 Å². The van der Waals surface area contributed by atoms with Crippen molar-refractivity contribution in [3.05, 3.63) is 17.8 Å². The van der Waals surface area contributed by atoms with Crippen molar-refractivity contribution >= 4 is 5.65 Å². The highest BCUT2D eigenvalue weighted by Crippen LogP contribution is 2.16. The molecule has 0 aromatic carbocycles. The lowest BCUT2D eigenvalue weighted by atomic mass is 10.2. The molecule has 0 aliphatic carbocycles. The number of methoxy groups -OCH3 is 1. The normalized spacial score (nSPS) is 11.3. The van der Waals surface area contributed by atoms with E-state index in [1.165, 1.54) is 11.6 Å². The zero-order valence-electron chi connectivity index (χ0n) is 8.73. The van der Waals surface area contributed by atoms with Crippen molar-refractivity contribution in [2.45, 2.75) is 19.8 Å². The Kier molecular flexibility index (Phi) is 2.26. The fraction of sp³-hybridized carbons (Fsp3) is 0.444. The SMILES string of the molecule is COc1ncc(F)c2nc(C(C)C)nn12. The Morgan fingerprint density at radius 3 is 2.80 bits per heavy atom. The molecule has 0 fully saturated rings. The summed E-state index contributed by atoms with van der Waals surface area (Å²) in [5, 5.41) is 4.12. The van der Waals surface area contributed by atoms with Crippen LogP contribution in [-0.4, -0.2) is 26.7 Å². The van der Waals surface area contributed by atoms with E-state index in [0.717, 1.165) is 6.20 Å². The molecular weight excluding hydrogens is 199 g/mol. The molecule has 0 saturated carbocycles. The Morgan fingerprint density at radius 2 is 2.20 bits per heavy atom. The Morgan fingerprint density at radius 1 is 1.47 bits per heavy atom. The second kappa shape index (κ2) is 3.45. The van der Waals surface area contributed by atoms with Crippen LogP contribution in [0.25, 0.3) is 5.65 Å². The second-order valence-corrected chi connectivity index (χ2v) is 3.45. The smallest absolute Gasteiger partial charge is 0.319 e. The van der Waals surface area contributed by atoms with Crippen LogP contribution >= 0.6 is 0 Å². The molecule has 0 spiro atoms. The van der Waals surface area contributed by atoms with E-state index in [9.17, 15) is 4.39 Å². The number of ether oxygens (including phenoxy) is 1. The molecule has 2 heterocycles. The quantitative estimate of drug-likeness (QED) is 0.751. The zero-order valence-corrected chi connectivity index (χ0v) is 8.73. The van der Waals surface area contributed by atoms with Crippen molar-refractivity contribution in [3.8, 4) is 6.01 Å². The van der Waals surface area contributed by atoms with Gasteiger partial charge in [-0.3, -0.25) is 0 Å². The maximum Gasteiger partial charge on any atom is 0.319 e. The van der Waals surface area contributed by atoms with Gasteiger partial charge in [0.2, 0.25) is 0 Å². The van der Waals surface area contributed by atoms with Crippen LogP contribution in [-0.2, 0) is 0 Å². The van der Waals surface area contributed by atoms with E-state index in [1.807, 2.05) is 13.8 Å². The molecule has 15 heavy (non-hydrogen) atoms. The van der Waals surface area contributed by atoms with Crippen LogP contribution in [0.5, 0.6) is 6.01 Å². The van der Waals surface area contributed by atoms with Gasteiger partial charge < -0.3 is 4.74 Å². The van der Waals surface area contributed by atoms with E-state index in [1.54, 1.807) is 0 Å². The standard InChI is InChI=1S/C9H11FN4O/c1-5(2)7-12-8-6(10)4-11-9(15-3)14(8)13-7/h4-5H,1-3H3. The number of hydrogen-bond donors (Lipinski definition) is 0. The molecule has 0 saturated heterocycles. The van der Waals surface area contributed by atoms with E-state index >= 15 is 0 Å². The number of fused-ring (bicyclic) bond motifs is 1. The van der Waals surface area contributed by atoms with Gasteiger partial charge >= 0.3 is 6.01 Å². The second-order valence-electron chi connectivity index (χ2n) is 3.45. The summed E-state index contributed by atoms with van der Waals surface area (Å²) in [6.45, 7) is 3.87. The molecule has 2 rings (SSSR count). The zero-order chi connectivity index (χ0) is 11.0. The fourth-order valence-corrected chi connectivity index (χ4v) is 1.22. The van der Waals surface area contributed by atoms with Gasteiger partial charge in [0.15, 0.2) is 17.3 Å². The van der Waals surface area contributed by atoms with E-state index in [2.05, 4.69) is 15.1 Å². The van der Waals surface area contributed by atoms with Gasteiger partial charge in [0, 0.05) is 5.92 Å². The Bertz CT molecular complexity index is 494. The fourth-order valence-electron chi connectivity index (χ4n) is 1.22. The summed E-state index contributed by atoms with van der Waals surface area (Å²) in [6, 6.07) is 0.228. The number of aromatic nitrogens is 4. The highest BCUT2D eigenvalue weighted by molar-refractivity contribution is 5.39. The lowest BCUT2D eigenvalue weighted by Gasteiger charge is -1.99. The number of nitrogens with zero attached hydrogens (tertiary/aromatic N) is 4. The lowest BCUT2D eigenvalue weighted by molar-refractivity contribution is 0.363. The average molecular weight is 210 g/mol. The third-order valence-electron chi connectivity index (χ3n) is 2.01. The van der Waals surface area contributed by atoms with Gasteiger partial charge in [0.1, 0.15) is 0 Å². The predicted octanol–water partition coefficient (Wildman–Crippen LogP) is 1.40. The van der Waals surface area contributed by atoms with Crippen LogP contribution < -0.4 is 4.74 Å². The third kappa shape index (κ3) is 1.51. The molecule has 0 radical (unpaired) electrons. The maximum absolute atomic E-state index is 13.3. The van der Waals surface area contributed by atoms with E-state index in [4.69, 9.17) is 4.74 Å². The topological polar surface area (TPSA) is 52.3 Å². The van der Waals surface area contributed by atoms with Gasteiger partial charge in [-0.1, -0.05) is 13.8 Å². The van der Waals surface area contributed by atoms with Crippen LogP contribution in [0, 0.1) is 5.82 Å². The highest BCUT2D eigenvalue weighted by atomic mass is 19.1. The molecule has 6 heteroatoms. The predicted molar refractivity (Wildman–Crippen MR) is 51.4 cm³/mol. The van der Waals surface area contributed by atoms with Crippen LogP contribution in [0.2, 0.25) is 0 Å². The van der Waals surface area contributed by atoms with Gasteiger partial charge in [-0.05, 0) is 0 Å². The number of hydrogen-bond acceptors (Lipinski definition) is 4. The monoisotopic (exact) mass is 210 g/mol. The molecule has 2 aromatic heterocycles. The maximum atomic E-state index is 13.3. The first-order valence-corrected chi connectivity index (χ1v) is 4.58. The molecule has 0 bridgehead atoms. The first kappa shape index (κ1) is 9.82. The van der Waals surface area contributed by atoms with Crippen LogP contribution in [0.15, 0.2) is 6.20 Å². The molecule has 0 amide bonds. The molecule has 0 aliphatic rings. The Balaban J connectivity index is 2.72. The largest absolute Gasteiger partial charge is 0.467 e. The summed E-state index contributed by atoms with van der Waals surface area (Å²) in [4.78, 5) is 7.84. The van der Waals surface area contributed by atoms with Gasteiger partial charge in [-0.25, -0.2) is 14.4 Å². The minimum Gasteiger partial charge on any atom is -0.467 e. The van der Waals surface area contributed by atoms with Crippen LogP contribution in [0.3, 0.4) is 0 Å². The van der Waals surface area contributed by atoms with Crippen LogP contribution in [0.4, 0.5) is 4.39 Å². The number of halogens is 1. The van der Waals surface area contributed by atoms with Crippen molar-refractivity contribution in [2.75, 3.05) is 7.11 Å².